The van der Waals surface area contributed by atoms with Crippen molar-refractivity contribution >= 4 is 5.57 Å². The molecule has 0 saturated carbocycles. The van der Waals surface area contributed by atoms with E-state index in [4.69, 9.17) is 4.74 Å². The fourth-order valence-electron chi connectivity index (χ4n) is 3.37. The molecule has 0 spiro atoms. The molecule has 4 rings (SSSR count). The van der Waals surface area contributed by atoms with E-state index >= 15 is 0 Å². The van der Waals surface area contributed by atoms with E-state index in [-0.39, 0.29) is 0 Å². The lowest BCUT2D eigenvalue weighted by Crippen LogP contribution is -2.14. The van der Waals surface area contributed by atoms with Gasteiger partial charge in [0.25, 0.3) is 0 Å². The molecule has 0 amide bonds. The minimum atomic E-state index is 0.739. The predicted molar refractivity (Wildman–Crippen MR) is 59.8 cm³/mol. The van der Waals surface area contributed by atoms with Gasteiger partial charge in [0.2, 0.25) is 0 Å². The van der Waals surface area contributed by atoms with Crippen molar-refractivity contribution in [2.24, 2.45) is 0 Å². The van der Waals surface area contributed by atoms with Gasteiger partial charge in [0.05, 0.1) is 13.2 Å². The Morgan fingerprint density at radius 1 is 1.20 bits per heavy atom. The van der Waals surface area contributed by atoms with E-state index < -0.39 is 0 Å². The molecule has 15 heavy (non-hydrogen) atoms. The average Bonchev–Trinajstić information content (AvgIpc) is 2.89. The van der Waals surface area contributed by atoms with Gasteiger partial charge < -0.3 is 4.74 Å². The summed E-state index contributed by atoms with van der Waals surface area (Å²) in [6, 6.07) is 4.59. The zero-order valence-electron chi connectivity index (χ0n) is 8.75. The van der Waals surface area contributed by atoms with Crippen LogP contribution in [0.25, 0.3) is 5.57 Å². The Kier molecular flexibility index (Phi) is 1.48. The Balaban J connectivity index is 1.97. The second kappa shape index (κ2) is 2.73. The van der Waals surface area contributed by atoms with Crippen molar-refractivity contribution in [3.63, 3.8) is 0 Å². The first-order valence-corrected chi connectivity index (χ1v) is 5.87. The summed E-state index contributed by atoms with van der Waals surface area (Å²) in [4.78, 5) is 0. The van der Waals surface area contributed by atoms with Crippen molar-refractivity contribution in [1.29, 1.82) is 0 Å². The molecule has 0 aromatic heterocycles. The Morgan fingerprint density at radius 2 is 2.20 bits per heavy atom. The quantitative estimate of drug-likeness (QED) is 0.622. The van der Waals surface area contributed by atoms with Gasteiger partial charge in [-0.15, -0.1) is 0 Å². The van der Waals surface area contributed by atoms with Gasteiger partial charge in [-0.2, -0.15) is 0 Å². The molecule has 1 aliphatic heterocycles. The van der Waals surface area contributed by atoms with Crippen molar-refractivity contribution in [3.8, 4) is 0 Å². The monoisotopic (exact) mass is 198 g/mol. The lowest BCUT2D eigenvalue weighted by molar-refractivity contribution is 0.110. The van der Waals surface area contributed by atoms with Gasteiger partial charge in [0.1, 0.15) is 0 Å². The number of fused-ring (bicyclic) bond motifs is 6. The van der Waals surface area contributed by atoms with Crippen molar-refractivity contribution in [2.45, 2.75) is 31.8 Å². The molecular formula is C14H14O. The van der Waals surface area contributed by atoms with Crippen LogP contribution >= 0.6 is 0 Å². The molecule has 1 unspecified atom stereocenters. The summed E-state index contributed by atoms with van der Waals surface area (Å²) in [6.07, 6.45) is 6.25. The Hall–Kier alpha value is -1.08. The highest BCUT2D eigenvalue weighted by atomic mass is 16.5. The van der Waals surface area contributed by atoms with E-state index in [2.05, 4.69) is 18.2 Å². The SMILES string of the molecule is C1=C2CCC1c1c2ccc2c1CCOC2. The minimum absolute atomic E-state index is 0.739. The van der Waals surface area contributed by atoms with E-state index in [0.29, 0.717) is 0 Å². The van der Waals surface area contributed by atoms with E-state index in [0.717, 1.165) is 25.6 Å². The highest BCUT2D eigenvalue weighted by Crippen LogP contribution is 2.49. The van der Waals surface area contributed by atoms with Crippen molar-refractivity contribution in [2.75, 3.05) is 6.61 Å². The van der Waals surface area contributed by atoms with Crippen LogP contribution in [-0.4, -0.2) is 6.61 Å². The van der Waals surface area contributed by atoms with E-state index in [1.54, 1.807) is 22.3 Å². The molecule has 1 heteroatoms. The lowest BCUT2D eigenvalue weighted by Gasteiger charge is -2.25. The molecule has 1 heterocycles. The van der Waals surface area contributed by atoms with E-state index in [9.17, 15) is 0 Å². The van der Waals surface area contributed by atoms with Crippen LogP contribution in [0.3, 0.4) is 0 Å². The summed E-state index contributed by atoms with van der Waals surface area (Å²) >= 11 is 0. The first-order valence-electron chi connectivity index (χ1n) is 5.87. The minimum Gasteiger partial charge on any atom is -0.376 e. The van der Waals surface area contributed by atoms with E-state index in [1.165, 1.54) is 18.4 Å². The number of hydrogen-bond donors (Lipinski definition) is 0. The summed E-state index contributed by atoms with van der Waals surface area (Å²) < 4.78 is 5.52. The van der Waals surface area contributed by atoms with Crippen molar-refractivity contribution in [1.82, 2.24) is 0 Å². The number of benzene rings is 1. The van der Waals surface area contributed by atoms with Gasteiger partial charge in [-0.1, -0.05) is 18.2 Å². The van der Waals surface area contributed by atoms with Crippen molar-refractivity contribution in [3.05, 3.63) is 40.5 Å². The maximum atomic E-state index is 5.52. The van der Waals surface area contributed by atoms with Crippen LogP contribution in [0.15, 0.2) is 18.2 Å². The number of rotatable bonds is 0. The zero-order chi connectivity index (χ0) is 9.83. The average molecular weight is 198 g/mol. The molecule has 1 aromatic rings. The molecule has 3 aliphatic rings. The molecule has 1 nitrogen and oxygen atoms in total. The van der Waals surface area contributed by atoms with Gasteiger partial charge in [-0.3, -0.25) is 0 Å². The Morgan fingerprint density at radius 3 is 3.20 bits per heavy atom. The third-order valence-corrected chi connectivity index (χ3v) is 4.05. The molecule has 1 atom stereocenters. The summed E-state index contributed by atoms with van der Waals surface area (Å²) in [7, 11) is 0. The lowest BCUT2D eigenvalue weighted by atomic mass is 9.83. The molecule has 1 aromatic carbocycles. The second-order valence-electron chi connectivity index (χ2n) is 4.80. The van der Waals surface area contributed by atoms with Crippen molar-refractivity contribution < 1.29 is 4.74 Å². The second-order valence-corrected chi connectivity index (χ2v) is 4.80. The van der Waals surface area contributed by atoms with Gasteiger partial charge in [0, 0.05) is 5.92 Å². The van der Waals surface area contributed by atoms with Gasteiger partial charge in [-0.25, -0.2) is 0 Å². The normalized spacial score (nSPS) is 26.1. The highest BCUT2D eigenvalue weighted by Gasteiger charge is 2.32. The first kappa shape index (κ1) is 8.12. The molecular weight excluding hydrogens is 184 g/mol. The molecule has 0 N–H and O–H groups in total. The molecule has 0 fully saturated rings. The van der Waals surface area contributed by atoms with Crippen LogP contribution in [0.4, 0.5) is 0 Å². The van der Waals surface area contributed by atoms with Gasteiger partial charge >= 0.3 is 0 Å². The fourth-order valence-corrected chi connectivity index (χ4v) is 3.37. The summed E-state index contributed by atoms with van der Waals surface area (Å²) in [5.41, 5.74) is 7.84. The Labute approximate surface area is 89.8 Å². The largest absolute Gasteiger partial charge is 0.376 e. The summed E-state index contributed by atoms with van der Waals surface area (Å²) in [5, 5.41) is 0. The number of hydrogen-bond acceptors (Lipinski definition) is 1. The van der Waals surface area contributed by atoms with Gasteiger partial charge in [-0.05, 0) is 47.1 Å². The van der Waals surface area contributed by atoms with E-state index in [1.807, 2.05) is 0 Å². The number of allylic oxidation sites excluding steroid dienone is 2. The first-order chi connectivity index (χ1) is 7.43. The smallest absolute Gasteiger partial charge is 0.0719 e. The molecule has 0 saturated heterocycles. The van der Waals surface area contributed by atoms with Crippen LogP contribution < -0.4 is 0 Å². The third kappa shape index (κ3) is 0.967. The van der Waals surface area contributed by atoms with Crippen LogP contribution in [0.2, 0.25) is 0 Å². The molecule has 2 bridgehead atoms. The maximum Gasteiger partial charge on any atom is 0.0719 e. The fraction of sp³-hybridized carbons (Fsp3) is 0.429. The van der Waals surface area contributed by atoms with Crippen LogP contribution in [0.5, 0.6) is 0 Å². The predicted octanol–water partition coefficient (Wildman–Crippen LogP) is 3.03. The summed E-state index contributed by atoms with van der Waals surface area (Å²) in [5.74, 6) is 0.739. The number of ether oxygens (including phenoxy) is 1. The van der Waals surface area contributed by atoms with Crippen LogP contribution in [0, 0.1) is 0 Å². The highest BCUT2D eigenvalue weighted by molar-refractivity contribution is 5.79. The standard InChI is InChI=1S/C14H14O/c1-2-10-7-9(1)12-4-3-11-8-15-6-5-13(11)14(10)12/h3-4,7,10H,1-2,5-6,8H2. The summed E-state index contributed by atoms with van der Waals surface area (Å²) in [6.45, 7) is 1.73. The third-order valence-electron chi connectivity index (χ3n) is 4.05. The Bertz CT molecular complexity index is 470. The van der Waals surface area contributed by atoms with Gasteiger partial charge in [0.15, 0.2) is 0 Å². The van der Waals surface area contributed by atoms with Crippen LogP contribution in [-0.2, 0) is 17.8 Å². The maximum absolute atomic E-state index is 5.52. The zero-order valence-corrected chi connectivity index (χ0v) is 8.75. The topological polar surface area (TPSA) is 9.23 Å². The van der Waals surface area contributed by atoms with Crippen LogP contribution in [0.1, 0.15) is 41.0 Å². The molecule has 2 aliphatic carbocycles. The molecule has 0 radical (unpaired) electrons. The molecule has 76 valence electrons.